The summed E-state index contributed by atoms with van der Waals surface area (Å²) in [6.45, 7) is 3.83. The third-order valence-electron chi connectivity index (χ3n) is 4.71. The van der Waals surface area contributed by atoms with Crippen molar-refractivity contribution in [3.63, 3.8) is 0 Å². The van der Waals surface area contributed by atoms with E-state index in [1.807, 2.05) is 26.0 Å². The topological polar surface area (TPSA) is 97.2 Å². The Balaban J connectivity index is 1.68. The lowest BCUT2D eigenvalue weighted by Gasteiger charge is -2.22. The van der Waals surface area contributed by atoms with Gasteiger partial charge in [-0.15, -0.1) is 10.2 Å². The normalized spacial score (nSPS) is 11.4. The van der Waals surface area contributed by atoms with E-state index in [1.165, 1.54) is 16.1 Å². The highest BCUT2D eigenvalue weighted by Crippen LogP contribution is 2.23. The predicted molar refractivity (Wildman–Crippen MR) is 129 cm³/mol. The minimum absolute atomic E-state index is 0.0300. The van der Waals surface area contributed by atoms with E-state index in [2.05, 4.69) is 15.5 Å². The first kappa shape index (κ1) is 24.1. The average molecular weight is 494 g/mol. The number of nitrogens with zero attached hydrogens (tertiary/aromatic N) is 4. The lowest BCUT2D eigenvalue weighted by atomic mass is 10.2. The summed E-state index contributed by atoms with van der Waals surface area (Å²) in [5, 5.41) is 12.2. The third-order valence-corrected chi connectivity index (χ3v) is 7.29. The molecular weight excluding hydrogens is 470 g/mol. The molecule has 11 heteroatoms. The molecule has 0 radical (unpaired) electrons. The number of hydrogen-bond donors (Lipinski definition) is 1. The highest BCUT2D eigenvalue weighted by Gasteiger charge is 2.21. The summed E-state index contributed by atoms with van der Waals surface area (Å²) in [6, 6.07) is 12.5. The number of amides is 1. The zero-order valence-electron chi connectivity index (χ0n) is 18.2. The Labute approximate surface area is 197 Å². The van der Waals surface area contributed by atoms with Crippen LogP contribution in [-0.2, 0) is 28.4 Å². The van der Waals surface area contributed by atoms with E-state index < -0.39 is 10.0 Å². The molecule has 0 fully saturated rings. The molecule has 170 valence electrons. The van der Waals surface area contributed by atoms with Gasteiger partial charge in [0.15, 0.2) is 11.0 Å². The maximum Gasteiger partial charge on any atom is 0.234 e. The molecule has 1 heterocycles. The molecule has 0 aliphatic rings. The molecule has 1 N–H and O–H groups in total. The molecule has 0 bridgehead atoms. The predicted octanol–water partition coefficient (Wildman–Crippen LogP) is 3.78. The Morgan fingerprint density at radius 3 is 2.47 bits per heavy atom. The highest BCUT2D eigenvalue weighted by atomic mass is 35.5. The van der Waals surface area contributed by atoms with Crippen LogP contribution < -0.4 is 9.62 Å². The van der Waals surface area contributed by atoms with Gasteiger partial charge >= 0.3 is 0 Å². The van der Waals surface area contributed by atoms with Gasteiger partial charge in [0.1, 0.15) is 0 Å². The first-order chi connectivity index (χ1) is 15.0. The van der Waals surface area contributed by atoms with Crippen molar-refractivity contribution in [2.75, 3.05) is 21.6 Å². The summed E-state index contributed by atoms with van der Waals surface area (Å²) >= 11 is 7.23. The zero-order valence-corrected chi connectivity index (χ0v) is 20.6. The molecule has 32 heavy (non-hydrogen) atoms. The summed E-state index contributed by atoms with van der Waals surface area (Å²) in [7, 11) is -1.79. The van der Waals surface area contributed by atoms with Gasteiger partial charge in [-0.3, -0.25) is 9.10 Å². The third kappa shape index (κ3) is 6.02. The van der Waals surface area contributed by atoms with Crippen molar-refractivity contribution in [2.24, 2.45) is 7.05 Å². The number of carbonyl (C=O) groups is 1. The van der Waals surface area contributed by atoms with E-state index in [0.29, 0.717) is 27.4 Å². The number of aryl methyl sites for hydroxylation is 2. The summed E-state index contributed by atoms with van der Waals surface area (Å²) in [6.07, 6.45) is 1.15. The van der Waals surface area contributed by atoms with Crippen LogP contribution in [-0.4, -0.2) is 41.1 Å². The SMILES string of the molecule is Cc1ccc(N(Cc2nnc(SCC(=O)Nc3ccc(Cl)c(C)c3)n2C)S(C)(=O)=O)cc1. The van der Waals surface area contributed by atoms with E-state index in [1.54, 1.807) is 41.9 Å². The molecular formula is C21H24ClN5O3S2. The molecule has 0 saturated heterocycles. The van der Waals surface area contributed by atoms with Gasteiger partial charge in [-0.1, -0.05) is 41.1 Å². The first-order valence-corrected chi connectivity index (χ1v) is 12.9. The minimum Gasteiger partial charge on any atom is -0.325 e. The second kappa shape index (κ2) is 9.93. The van der Waals surface area contributed by atoms with Crippen LogP contribution in [0.2, 0.25) is 5.02 Å². The average Bonchev–Trinajstić information content (AvgIpc) is 3.07. The molecule has 0 unspecified atom stereocenters. The molecule has 2 aromatic carbocycles. The van der Waals surface area contributed by atoms with Gasteiger partial charge in [0.25, 0.3) is 0 Å². The standard InChI is InChI=1S/C21H24ClN5O3S2/c1-14-5-8-17(9-6-14)27(32(4,29)30)12-19-24-25-21(26(19)3)31-13-20(28)23-16-7-10-18(22)15(2)11-16/h5-11H,12-13H2,1-4H3,(H,23,28). The largest absolute Gasteiger partial charge is 0.325 e. The number of nitrogens with one attached hydrogen (secondary N) is 1. The fourth-order valence-electron chi connectivity index (χ4n) is 2.90. The van der Waals surface area contributed by atoms with Crippen molar-refractivity contribution in [1.29, 1.82) is 0 Å². The number of anilines is 2. The van der Waals surface area contributed by atoms with Gasteiger partial charge in [-0.25, -0.2) is 8.42 Å². The van der Waals surface area contributed by atoms with E-state index in [0.717, 1.165) is 17.4 Å². The molecule has 3 rings (SSSR count). The van der Waals surface area contributed by atoms with E-state index in [4.69, 9.17) is 11.6 Å². The van der Waals surface area contributed by atoms with Crippen LogP contribution >= 0.6 is 23.4 Å². The van der Waals surface area contributed by atoms with Crippen molar-refractivity contribution in [3.05, 3.63) is 64.4 Å². The Morgan fingerprint density at radius 2 is 1.84 bits per heavy atom. The molecule has 0 atom stereocenters. The van der Waals surface area contributed by atoms with Crippen LogP contribution in [0.4, 0.5) is 11.4 Å². The van der Waals surface area contributed by atoms with Crippen molar-refractivity contribution < 1.29 is 13.2 Å². The van der Waals surface area contributed by atoms with Gasteiger partial charge in [0, 0.05) is 17.8 Å². The smallest absolute Gasteiger partial charge is 0.234 e. The molecule has 0 spiro atoms. The summed E-state index contributed by atoms with van der Waals surface area (Å²) in [5.74, 6) is 0.396. The fourth-order valence-corrected chi connectivity index (χ4v) is 4.60. The monoisotopic (exact) mass is 493 g/mol. The number of carbonyl (C=O) groups excluding carboxylic acids is 1. The number of hydrogen-bond acceptors (Lipinski definition) is 6. The van der Waals surface area contributed by atoms with Gasteiger partial charge in [0.05, 0.1) is 24.2 Å². The summed E-state index contributed by atoms with van der Waals surface area (Å²) in [4.78, 5) is 12.3. The zero-order chi connectivity index (χ0) is 23.5. The van der Waals surface area contributed by atoms with Gasteiger partial charge in [-0.2, -0.15) is 0 Å². The van der Waals surface area contributed by atoms with Crippen molar-refractivity contribution in [3.8, 4) is 0 Å². The lowest BCUT2D eigenvalue weighted by molar-refractivity contribution is -0.113. The van der Waals surface area contributed by atoms with Crippen LogP contribution in [0.1, 0.15) is 17.0 Å². The number of halogens is 1. The Morgan fingerprint density at radius 1 is 1.16 bits per heavy atom. The summed E-state index contributed by atoms with van der Waals surface area (Å²) < 4.78 is 27.7. The van der Waals surface area contributed by atoms with Gasteiger partial charge in [-0.05, 0) is 49.7 Å². The molecule has 3 aromatic rings. The molecule has 0 aliphatic carbocycles. The molecule has 1 amide bonds. The Bertz CT molecular complexity index is 1230. The maximum atomic E-state index is 12.4. The molecule has 0 saturated carbocycles. The van der Waals surface area contributed by atoms with Crippen LogP contribution in [0.5, 0.6) is 0 Å². The molecule has 1 aromatic heterocycles. The number of benzene rings is 2. The highest BCUT2D eigenvalue weighted by molar-refractivity contribution is 7.99. The van der Waals surface area contributed by atoms with E-state index >= 15 is 0 Å². The Kier molecular flexibility index (Phi) is 7.47. The lowest BCUT2D eigenvalue weighted by Crippen LogP contribution is -2.30. The molecule has 8 nitrogen and oxygen atoms in total. The summed E-state index contributed by atoms with van der Waals surface area (Å²) in [5.41, 5.74) is 3.12. The number of thioether (sulfide) groups is 1. The maximum absolute atomic E-state index is 12.4. The second-order valence-electron chi connectivity index (χ2n) is 7.36. The minimum atomic E-state index is -3.53. The van der Waals surface area contributed by atoms with Crippen LogP contribution in [0.25, 0.3) is 0 Å². The van der Waals surface area contributed by atoms with E-state index in [-0.39, 0.29) is 18.2 Å². The van der Waals surface area contributed by atoms with Crippen molar-refractivity contribution in [1.82, 2.24) is 14.8 Å². The van der Waals surface area contributed by atoms with E-state index in [9.17, 15) is 13.2 Å². The van der Waals surface area contributed by atoms with Crippen LogP contribution in [0.15, 0.2) is 47.6 Å². The molecule has 0 aliphatic heterocycles. The number of sulfonamides is 1. The van der Waals surface area contributed by atoms with Crippen LogP contribution in [0, 0.1) is 13.8 Å². The quantitative estimate of drug-likeness (QED) is 0.479. The second-order valence-corrected chi connectivity index (χ2v) is 10.6. The fraction of sp³-hybridized carbons (Fsp3) is 0.286. The number of aromatic nitrogens is 3. The van der Waals surface area contributed by atoms with Crippen LogP contribution in [0.3, 0.4) is 0 Å². The van der Waals surface area contributed by atoms with Gasteiger partial charge < -0.3 is 9.88 Å². The number of rotatable bonds is 8. The Hall–Kier alpha value is -2.56. The van der Waals surface area contributed by atoms with Gasteiger partial charge in [0.2, 0.25) is 15.9 Å². The first-order valence-electron chi connectivity index (χ1n) is 9.66. The van der Waals surface area contributed by atoms with Crippen molar-refractivity contribution >= 4 is 50.7 Å². The van der Waals surface area contributed by atoms with Crippen molar-refractivity contribution in [2.45, 2.75) is 25.5 Å².